The Morgan fingerprint density at radius 2 is 1.86 bits per heavy atom. The van der Waals surface area contributed by atoms with Crippen LogP contribution in [0.3, 0.4) is 0 Å². The first-order valence-corrected chi connectivity index (χ1v) is 14.3. The summed E-state index contributed by atoms with van der Waals surface area (Å²) in [5.41, 5.74) is 1.89. The Bertz CT molecular complexity index is 1180. The summed E-state index contributed by atoms with van der Waals surface area (Å²) in [7, 11) is -3.46. The fourth-order valence-corrected chi connectivity index (χ4v) is 7.07. The quantitative estimate of drug-likeness (QED) is 0.571. The van der Waals surface area contributed by atoms with E-state index in [9.17, 15) is 13.2 Å². The van der Waals surface area contributed by atoms with Gasteiger partial charge in [0.15, 0.2) is 15.7 Å². The number of aromatic nitrogens is 2. The summed E-state index contributed by atoms with van der Waals surface area (Å²) in [5, 5.41) is 5.15. The third-order valence-electron chi connectivity index (χ3n) is 7.18. The van der Waals surface area contributed by atoms with Crippen molar-refractivity contribution in [1.82, 2.24) is 15.3 Å². The van der Waals surface area contributed by atoms with Crippen LogP contribution in [-0.4, -0.2) is 62.0 Å². The van der Waals surface area contributed by atoms with Gasteiger partial charge in [-0.15, -0.1) is 0 Å². The number of benzene rings is 1. The van der Waals surface area contributed by atoms with E-state index < -0.39 is 14.6 Å². The number of hydrogen-bond acceptors (Lipinski definition) is 7. The summed E-state index contributed by atoms with van der Waals surface area (Å²) in [6, 6.07) is 8.93. The zero-order valence-electron chi connectivity index (χ0n) is 21.6. The molecule has 1 aromatic carbocycles. The Kier molecular flexibility index (Phi) is 7.85. The average molecular weight is 516 g/mol. The Labute approximate surface area is 214 Å². The van der Waals surface area contributed by atoms with Gasteiger partial charge in [-0.1, -0.05) is 12.8 Å². The van der Waals surface area contributed by atoms with Crippen molar-refractivity contribution in [2.45, 2.75) is 69.4 Å². The third kappa shape index (κ3) is 5.34. The van der Waals surface area contributed by atoms with Crippen LogP contribution in [0.25, 0.3) is 11.4 Å². The minimum absolute atomic E-state index is 0.104. The number of carbonyl (C=O) groups excluding carboxylic acids is 1. The number of nitrogens with one attached hydrogen (secondary N) is 2. The zero-order valence-corrected chi connectivity index (χ0v) is 22.4. The number of hydrogen-bond donors (Lipinski definition) is 2. The van der Waals surface area contributed by atoms with Crippen molar-refractivity contribution in [2.24, 2.45) is 0 Å². The zero-order chi connectivity index (χ0) is 25.9. The number of rotatable bonds is 7. The van der Waals surface area contributed by atoms with Gasteiger partial charge in [0.05, 0.1) is 30.2 Å². The lowest BCUT2D eigenvalue weighted by molar-refractivity contribution is 0.0985. The third-order valence-corrected chi connectivity index (χ3v) is 10.2. The van der Waals surface area contributed by atoms with Crippen LogP contribution >= 0.6 is 0 Å². The Morgan fingerprint density at radius 1 is 1.17 bits per heavy atom. The second-order valence-electron chi connectivity index (χ2n) is 10.1. The minimum atomic E-state index is -3.46. The molecule has 2 heterocycles. The lowest BCUT2D eigenvalue weighted by Crippen LogP contribution is -2.44. The molecule has 1 saturated heterocycles. The van der Waals surface area contributed by atoms with E-state index in [4.69, 9.17) is 14.7 Å². The van der Waals surface area contributed by atoms with E-state index in [0.29, 0.717) is 62.2 Å². The van der Waals surface area contributed by atoms with Gasteiger partial charge in [0, 0.05) is 30.4 Å². The molecular weight excluding hydrogens is 478 g/mol. The van der Waals surface area contributed by atoms with Gasteiger partial charge in [-0.3, -0.25) is 0 Å². The van der Waals surface area contributed by atoms with Crippen molar-refractivity contribution in [2.75, 3.05) is 36.5 Å². The number of anilines is 2. The fraction of sp³-hybridized carbons (Fsp3) is 0.577. The van der Waals surface area contributed by atoms with Crippen LogP contribution in [0.2, 0.25) is 0 Å². The highest BCUT2D eigenvalue weighted by Crippen LogP contribution is 2.39. The maximum atomic E-state index is 13.7. The highest BCUT2D eigenvalue weighted by Gasteiger charge is 2.44. The van der Waals surface area contributed by atoms with E-state index in [1.54, 1.807) is 26.0 Å². The first-order chi connectivity index (χ1) is 17.1. The van der Waals surface area contributed by atoms with E-state index in [1.165, 1.54) is 0 Å². The molecule has 196 valence electrons. The number of urea groups is 1. The Morgan fingerprint density at radius 3 is 2.50 bits per heavy atom. The van der Waals surface area contributed by atoms with Crippen LogP contribution in [0.4, 0.5) is 16.3 Å². The number of sulfone groups is 1. The predicted molar refractivity (Wildman–Crippen MR) is 142 cm³/mol. The number of amides is 2. The fourth-order valence-electron chi connectivity index (χ4n) is 4.89. The van der Waals surface area contributed by atoms with E-state index >= 15 is 0 Å². The van der Waals surface area contributed by atoms with Crippen LogP contribution in [-0.2, 0) is 19.3 Å². The molecule has 1 aromatic heterocycles. The molecule has 2 amide bonds. The van der Waals surface area contributed by atoms with Crippen LogP contribution in [0, 0.1) is 0 Å². The highest BCUT2D eigenvalue weighted by molar-refractivity contribution is 7.92. The first-order valence-electron chi connectivity index (χ1n) is 12.8. The summed E-state index contributed by atoms with van der Waals surface area (Å²) in [5.74, 6) is 1.16. The Balaban J connectivity index is 1.74. The first kappa shape index (κ1) is 26.3. The number of nitrogens with zero attached hydrogens (tertiary/aromatic N) is 3. The smallest absolute Gasteiger partial charge is 0.319 e. The van der Waals surface area contributed by atoms with Gasteiger partial charge in [-0.2, -0.15) is 0 Å². The van der Waals surface area contributed by atoms with Crippen LogP contribution in [0.1, 0.15) is 59.1 Å². The molecule has 2 aromatic rings. The van der Waals surface area contributed by atoms with Gasteiger partial charge in [-0.25, -0.2) is 23.2 Å². The molecule has 1 aliphatic carbocycles. The molecule has 10 heteroatoms. The molecule has 1 aliphatic heterocycles. The minimum Gasteiger partial charge on any atom is -0.377 e. The van der Waals surface area contributed by atoms with E-state index in [-0.39, 0.29) is 17.3 Å². The van der Waals surface area contributed by atoms with E-state index in [0.717, 1.165) is 18.4 Å². The number of carbonyl (C=O) groups is 1. The van der Waals surface area contributed by atoms with Crippen molar-refractivity contribution in [3.05, 3.63) is 36.0 Å². The summed E-state index contributed by atoms with van der Waals surface area (Å²) in [6.45, 7) is 9.82. The second kappa shape index (κ2) is 10.7. The highest BCUT2D eigenvalue weighted by atomic mass is 32.2. The molecule has 1 atom stereocenters. The monoisotopic (exact) mass is 515 g/mol. The van der Waals surface area contributed by atoms with Crippen molar-refractivity contribution in [1.29, 1.82) is 0 Å². The lowest BCUT2D eigenvalue weighted by Gasteiger charge is -2.35. The van der Waals surface area contributed by atoms with Gasteiger partial charge in [0.25, 0.3) is 0 Å². The van der Waals surface area contributed by atoms with Gasteiger partial charge in [-0.05, 0) is 64.8 Å². The van der Waals surface area contributed by atoms with Crippen molar-refractivity contribution >= 4 is 27.4 Å². The van der Waals surface area contributed by atoms with Crippen molar-refractivity contribution in [3.8, 4) is 11.4 Å². The molecule has 0 spiro atoms. The molecule has 2 fully saturated rings. The Hall–Kier alpha value is -2.72. The molecule has 2 aliphatic rings. The number of ether oxygens (including phenoxy) is 1. The molecule has 4 rings (SSSR count). The maximum absolute atomic E-state index is 13.7. The molecular formula is C26H37N5O4S. The number of morpholine rings is 1. The summed E-state index contributed by atoms with van der Waals surface area (Å²) >= 11 is 0. The SMILES string of the molecule is CCNC(=O)Nc1ccc(-c2nc(N3CCOC[C@@H]3C)cc(C(C)(C)S(=O)(=O)C3CCCC3)n2)cc1. The molecule has 2 N–H and O–H groups in total. The van der Waals surface area contributed by atoms with E-state index in [1.807, 2.05) is 25.1 Å². The average Bonchev–Trinajstić information content (AvgIpc) is 3.40. The molecule has 1 saturated carbocycles. The van der Waals surface area contributed by atoms with Crippen molar-refractivity contribution in [3.63, 3.8) is 0 Å². The van der Waals surface area contributed by atoms with Crippen LogP contribution in [0.15, 0.2) is 30.3 Å². The van der Waals surface area contributed by atoms with Gasteiger partial charge in [0.2, 0.25) is 0 Å². The van der Waals surface area contributed by atoms with E-state index in [2.05, 4.69) is 22.5 Å². The summed E-state index contributed by atoms with van der Waals surface area (Å²) in [6.07, 6.45) is 3.30. The largest absolute Gasteiger partial charge is 0.377 e. The summed E-state index contributed by atoms with van der Waals surface area (Å²) < 4.78 is 31.9. The molecule has 0 radical (unpaired) electrons. The lowest BCUT2D eigenvalue weighted by atomic mass is 10.1. The molecule has 9 nitrogen and oxygen atoms in total. The summed E-state index contributed by atoms with van der Waals surface area (Å²) in [4.78, 5) is 23.7. The van der Waals surface area contributed by atoms with Gasteiger partial charge < -0.3 is 20.3 Å². The topological polar surface area (TPSA) is 114 Å². The van der Waals surface area contributed by atoms with Crippen LogP contribution < -0.4 is 15.5 Å². The molecule has 36 heavy (non-hydrogen) atoms. The van der Waals surface area contributed by atoms with Crippen molar-refractivity contribution < 1.29 is 17.9 Å². The maximum Gasteiger partial charge on any atom is 0.319 e. The molecule has 0 unspecified atom stereocenters. The second-order valence-corrected chi connectivity index (χ2v) is 12.9. The van der Waals surface area contributed by atoms with Gasteiger partial charge in [0.1, 0.15) is 10.6 Å². The predicted octanol–water partition coefficient (Wildman–Crippen LogP) is 4.10. The normalized spacial score (nSPS) is 19.3. The standard InChI is InChI=1S/C26H37N5O4S/c1-5-27-25(32)28-20-12-10-19(11-13-20)24-29-22(16-23(30-24)31-14-15-35-17-18(31)2)26(3,4)36(33,34)21-8-6-7-9-21/h10-13,16,18,21H,5-9,14-15,17H2,1-4H3,(H2,27,28,32)/t18-/m0/s1. The van der Waals surface area contributed by atoms with Crippen LogP contribution in [0.5, 0.6) is 0 Å². The van der Waals surface area contributed by atoms with Gasteiger partial charge >= 0.3 is 6.03 Å². The molecule has 0 bridgehead atoms.